The molecule has 1 aromatic carbocycles. The maximum atomic E-state index is 5.91. The summed E-state index contributed by atoms with van der Waals surface area (Å²) in [6, 6.07) is 6.09. The van der Waals surface area contributed by atoms with Gasteiger partial charge in [0.15, 0.2) is 0 Å². The van der Waals surface area contributed by atoms with Gasteiger partial charge in [0.05, 0.1) is 25.4 Å². The van der Waals surface area contributed by atoms with Crippen molar-refractivity contribution in [2.24, 2.45) is 5.84 Å². The fourth-order valence-corrected chi connectivity index (χ4v) is 2.60. The largest absolute Gasteiger partial charge is 0.497 e. The molecule has 3 unspecified atom stereocenters. The van der Waals surface area contributed by atoms with Gasteiger partial charge in [0.2, 0.25) is 0 Å². The van der Waals surface area contributed by atoms with Crippen LogP contribution in [0.2, 0.25) is 0 Å². The minimum Gasteiger partial charge on any atom is -0.497 e. The Morgan fingerprint density at radius 3 is 2.72 bits per heavy atom. The summed E-state index contributed by atoms with van der Waals surface area (Å²) in [6.45, 7) is 4.18. The van der Waals surface area contributed by atoms with Crippen LogP contribution in [0.1, 0.15) is 36.9 Å². The quantitative estimate of drug-likeness (QED) is 0.634. The Hall–Kier alpha value is -1.10. The van der Waals surface area contributed by atoms with Gasteiger partial charge in [0.25, 0.3) is 0 Å². The molecule has 1 fully saturated rings. The molecule has 1 aromatic rings. The summed E-state index contributed by atoms with van der Waals surface area (Å²) >= 11 is 0. The zero-order valence-corrected chi connectivity index (χ0v) is 11.3. The van der Waals surface area contributed by atoms with Crippen molar-refractivity contribution >= 4 is 0 Å². The van der Waals surface area contributed by atoms with E-state index < -0.39 is 0 Å². The van der Waals surface area contributed by atoms with Crippen LogP contribution in [0.3, 0.4) is 0 Å². The third kappa shape index (κ3) is 2.66. The summed E-state index contributed by atoms with van der Waals surface area (Å²) in [5.74, 6) is 6.58. The number of rotatable bonds is 4. The van der Waals surface area contributed by atoms with Gasteiger partial charge in [-0.2, -0.15) is 0 Å². The van der Waals surface area contributed by atoms with Crippen LogP contribution < -0.4 is 16.0 Å². The number of hydrogen-bond acceptors (Lipinski definition) is 4. The Labute approximate surface area is 108 Å². The lowest BCUT2D eigenvalue weighted by Crippen LogP contribution is -2.37. The predicted octanol–water partition coefficient (Wildman–Crippen LogP) is 2.08. The van der Waals surface area contributed by atoms with E-state index >= 15 is 0 Å². The van der Waals surface area contributed by atoms with Crippen LogP contribution in [-0.4, -0.2) is 19.3 Å². The molecular formula is C14H22N2O2. The summed E-state index contributed by atoms with van der Waals surface area (Å²) in [5, 5.41) is 0. The van der Waals surface area contributed by atoms with Crippen LogP contribution >= 0.6 is 0 Å². The average molecular weight is 250 g/mol. The second-order valence-corrected chi connectivity index (χ2v) is 4.93. The number of methoxy groups -OCH3 is 1. The highest BCUT2D eigenvalue weighted by Crippen LogP contribution is 2.32. The topological polar surface area (TPSA) is 56.5 Å². The number of ether oxygens (including phenoxy) is 2. The van der Waals surface area contributed by atoms with Gasteiger partial charge in [0, 0.05) is 0 Å². The first-order valence-electron chi connectivity index (χ1n) is 6.42. The van der Waals surface area contributed by atoms with Gasteiger partial charge in [-0.15, -0.1) is 0 Å². The van der Waals surface area contributed by atoms with Gasteiger partial charge in [-0.1, -0.05) is 6.07 Å². The summed E-state index contributed by atoms with van der Waals surface area (Å²) in [6.07, 6.45) is 2.61. The molecule has 4 heteroatoms. The third-order valence-electron chi connectivity index (χ3n) is 3.63. The summed E-state index contributed by atoms with van der Waals surface area (Å²) in [4.78, 5) is 0. The van der Waals surface area contributed by atoms with E-state index in [9.17, 15) is 0 Å². The molecule has 2 rings (SSSR count). The van der Waals surface area contributed by atoms with Crippen LogP contribution in [-0.2, 0) is 4.74 Å². The van der Waals surface area contributed by atoms with E-state index in [2.05, 4.69) is 25.3 Å². The maximum absolute atomic E-state index is 5.91. The van der Waals surface area contributed by atoms with Crippen LogP contribution in [0.5, 0.6) is 5.75 Å². The first-order valence-corrected chi connectivity index (χ1v) is 6.42. The highest BCUT2D eigenvalue weighted by Gasteiger charge is 2.30. The van der Waals surface area contributed by atoms with Gasteiger partial charge in [-0.3, -0.25) is 11.3 Å². The van der Waals surface area contributed by atoms with E-state index in [1.54, 1.807) is 7.11 Å². The van der Waals surface area contributed by atoms with E-state index in [1.807, 2.05) is 12.1 Å². The number of benzene rings is 1. The molecule has 100 valence electrons. The lowest BCUT2D eigenvalue weighted by molar-refractivity contribution is 0.0314. The lowest BCUT2D eigenvalue weighted by Gasteiger charge is -2.25. The molecule has 1 aliphatic heterocycles. The van der Waals surface area contributed by atoms with Crippen LogP contribution in [0, 0.1) is 6.92 Å². The highest BCUT2D eigenvalue weighted by atomic mass is 16.5. The van der Waals surface area contributed by atoms with Crippen LogP contribution in [0.25, 0.3) is 0 Å². The number of nitrogens with one attached hydrogen (secondary N) is 1. The van der Waals surface area contributed by atoms with Crippen molar-refractivity contribution < 1.29 is 9.47 Å². The van der Waals surface area contributed by atoms with Crippen molar-refractivity contribution in [3.05, 3.63) is 29.3 Å². The van der Waals surface area contributed by atoms with Gasteiger partial charge in [-0.25, -0.2) is 0 Å². The molecule has 0 bridgehead atoms. The molecule has 0 amide bonds. The smallest absolute Gasteiger partial charge is 0.119 e. The van der Waals surface area contributed by atoms with E-state index in [0.29, 0.717) is 6.10 Å². The van der Waals surface area contributed by atoms with Gasteiger partial charge in [0.1, 0.15) is 5.75 Å². The average Bonchev–Trinajstić information content (AvgIpc) is 2.78. The molecule has 1 saturated heterocycles. The molecule has 4 nitrogen and oxygen atoms in total. The maximum Gasteiger partial charge on any atom is 0.119 e. The Bertz CT molecular complexity index is 409. The van der Waals surface area contributed by atoms with Crippen molar-refractivity contribution in [3.63, 3.8) is 0 Å². The molecule has 18 heavy (non-hydrogen) atoms. The fraction of sp³-hybridized carbons (Fsp3) is 0.571. The number of hydrazine groups is 1. The summed E-state index contributed by atoms with van der Waals surface area (Å²) in [7, 11) is 1.68. The Morgan fingerprint density at radius 1 is 1.44 bits per heavy atom. The molecule has 0 spiro atoms. The lowest BCUT2D eigenvalue weighted by atomic mass is 9.95. The first-order chi connectivity index (χ1) is 8.65. The molecule has 0 radical (unpaired) electrons. The number of nitrogens with two attached hydrogens (primary N) is 1. The zero-order valence-electron chi connectivity index (χ0n) is 11.3. The van der Waals surface area contributed by atoms with Crippen LogP contribution in [0.4, 0.5) is 0 Å². The van der Waals surface area contributed by atoms with Crippen molar-refractivity contribution in [1.29, 1.82) is 0 Å². The van der Waals surface area contributed by atoms with Crippen molar-refractivity contribution in [2.75, 3.05) is 7.11 Å². The van der Waals surface area contributed by atoms with Crippen molar-refractivity contribution in [2.45, 2.75) is 44.9 Å². The normalized spacial score (nSPS) is 25.1. The van der Waals surface area contributed by atoms with E-state index in [-0.39, 0.29) is 12.1 Å². The van der Waals surface area contributed by atoms with E-state index in [0.717, 1.165) is 18.6 Å². The molecule has 0 aromatic heterocycles. The van der Waals surface area contributed by atoms with E-state index in [4.69, 9.17) is 15.3 Å². The van der Waals surface area contributed by atoms with Gasteiger partial charge >= 0.3 is 0 Å². The van der Waals surface area contributed by atoms with Crippen LogP contribution in [0.15, 0.2) is 18.2 Å². The minimum atomic E-state index is 0.0425. The number of hydrogen-bond donors (Lipinski definition) is 2. The Kier molecular flexibility index (Phi) is 4.22. The molecule has 0 saturated carbocycles. The summed E-state index contributed by atoms with van der Waals surface area (Å²) in [5.41, 5.74) is 5.24. The molecule has 1 aliphatic rings. The standard InChI is InChI=1S/C14H22N2O2/c1-9-8-11(17-3)5-6-12(9)14(16-15)13-7-4-10(2)18-13/h5-6,8,10,13-14,16H,4,7,15H2,1-3H3. The van der Waals surface area contributed by atoms with E-state index in [1.165, 1.54) is 11.1 Å². The Balaban J connectivity index is 2.22. The third-order valence-corrected chi connectivity index (χ3v) is 3.63. The first kappa shape index (κ1) is 13.3. The second kappa shape index (κ2) is 5.69. The monoisotopic (exact) mass is 250 g/mol. The fourth-order valence-electron chi connectivity index (χ4n) is 2.60. The molecule has 3 N–H and O–H groups in total. The van der Waals surface area contributed by atoms with Gasteiger partial charge in [-0.05, 0) is 49.9 Å². The molecule has 1 heterocycles. The SMILES string of the molecule is COc1ccc(C(NN)C2CCC(C)O2)c(C)c1. The predicted molar refractivity (Wildman–Crippen MR) is 71.4 cm³/mol. The minimum absolute atomic E-state index is 0.0425. The molecule has 0 aliphatic carbocycles. The summed E-state index contributed by atoms with van der Waals surface area (Å²) < 4.78 is 11.1. The zero-order chi connectivity index (χ0) is 13.1. The Morgan fingerprint density at radius 2 is 2.22 bits per heavy atom. The van der Waals surface area contributed by atoms with Crippen molar-refractivity contribution in [1.82, 2.24) is 5.43 Å². The van der Waals surface area contributed by atoms with Crippen molar-refractivity contribution in [3.8, 4) is 5.75 Å². The van der Waals surface area contributed by atoms with Gasteiger partial charge < -0.3 is 9.47 Å². The second-order valence-electron chi connectivity index (χ2n) is 4.93. The molecule has 3 atom stereocenters. The molecular weight excluding hydrogens is 228 g/mol. The number of aryl methyl sites for hydroxylation is 1. The highest BCUT2D eigenvalue weighted by molar-refractivity contribution is 5.37.